The van der Waals surface area contributed by atoms with Crippen molar-refractivity contribution >= 4 is 22.7 Å². The molecular weight excluding hydrogens is 340 g/mol. The zero-order valence-corrected chi connectivity index (χ0v) is 16.2. The van der Waals surface area contributed by atoms with Crippen LogP contribution in [0.3, 0.4) is 0 Å². The Balaban J connectivity index is 1.68. The summed E-state index contributed by atoms with van der Waals surface area (Å²) in [4.78, 5) is 0. The normalized spacial score (nSPS) is 11.9. The number of rotatable bonds is 9. The second-order valence-electron chi connectivity index (χ2n) is 6.52. The predicted octanol–water partition coefficient (Wildman–Crippen LogP) is 5.34. The van der Waals surface area contributed by atoms with Gasteiger partial charge in [0.1, 0.15) is 0 Å². The third-order valence-corrected chi connectivity index (χ3v) is 5.05. The fourth-order valence-electron chi connectivity index (χ4n) is 2.94. The monoisotopic (exact) mass is 366 g/mol. The summed E-state index contributed by atoms with van der Waals surface area (Å²) in [7, 11) is 1.75. The van der Waals surface area contributed by atoms with E-state index in [9.17, 15) is 0 Å². The largest absolute Gasteiger partial charge is 0.383 e. The lowest BCUT2D eigenvalue weighted by molar-refractivity contribution is 0.185. The number of para-hydroxylation sites is 2. The van der Waals surface area contributed by atoms with Crippen molar-refractivity contribution in [3.8, 4) is 0 Å². The molecule has 0 fully saturated rings. The van der Waals surface area contributed by atoms with Crippen molar-refractivity contribution in [1.82, 2.24) is 0 Å². The van der Waals surface area contributed by atoms with E-state index in [1.165, 1.54) is 16.7 Å². The van der Waals surface area contributed by atoms with Gasteiger partial charge in [0.15, 0.2) is 0 Å². The second-order valence-corrected chi connectivity index (χ2v) is 7.30. The minimum absolute atomic E-state index is 0.215. The van der Waals surface area contributed by atoms with Gasteiger partial charge in [-0.2, -0.15) is 11.3 Å². The molecule has 1 aromatic heterocycles. The summed E-state index contributed by atoms with van der Waals surface area (Å²) in [5.74, 6) is 0. The Morgan fingerprint density at radius 1 is 0.962 bits per heavy atom. The summed E-state index contributed by atoms with van der Waals surface area (Å²) in [6.07, 6.45) is 0.924. The van der Waals surface area contributed by atoms with Crippen LogP contribution >= 0.6 is 11.3 Å². The van der Waals surface area contributed by atoms with E-state index in [2.05, 4.69) is 82.9 Å². The number of benzene rings is 2. The van der Waals surface area contributed by atoms with Crippen LogP contribution in [0, 0.1) is 6.92 Å². The molecule has 0 unspecified atom stereocenters. The zero-order chi connectivity index (χ0) is 18.2. The van der Waals surface area contributed by atoms with Gasteiger partial charge in [-0.3, -0.25) is 0 Å². The molecule has 0 bridgehead atoms. The van der Waals surface area contributed by atoms with Crippen molar-refractivity contribution in [2.45, 2.75) is 25.9 Å². The van der Waals surface area contributed by atoms with Gasteiger partial charge in [-0.25, -0.2) is 0 Å². The number of anilines is 2. The van der Waals surface area contributed by atoms with E-state index in [0.29, 0.717) is 6.61 Å². The third-order valence-electron chi connectivity index (χ3n) is 4.32. The number of aryl methyl sites for hydroxylation is 1. The SMILES string of the molecule is COC[C@H](Cc1ccc(C)cc1)Nc1ccccc1NCc1ccsc1. The number of hydrogen-bond acceptors (Lipinski definition) is 4. The van der Waals surface area contributed by atoms with Crippen molar-refractivity contribution in [2.75, 3.05) is 24.4 Å². The number of methoxy groups -OCH3 is 1. The number of hydrogen-bond donors (Lipinski definition) is 2. The minimum Gasteiger partial charge on any atom is -0.383 e. The van der Waals surface area contributed by atoms with E-state index in [0.717, 1.165) is 24.3 Å². The van der Waals surface area contributed by atoms with Crippen molar-refractivity contribution in [1.29, 1.82) is 0 Å². The first-order valence-corrected chi connectivity index (χ1v) is 9.84. The molecule has 0 saturated carbocycles. The average molecular weight is 367 g/mol. The van der Waals surface area contributed by atoms with Crippen LogP contribution in [-0.2, 0) is 17.7 Å². The molecule has 0 aliphatic rings. The Morgan fingerprint density at radius 2 is 1.73 bits per heavy atom. The lowest BCUT2D eigenvalue weighted by Crippen LogP contribution is -2.28. The molecule has 0 saturated heterocycles. The van der Waals surface area contributed by atoms with Gasteiger partial charge in [0, 0.05) is 13.7 Å². The van der Waals surface area contributed by atoms with Gasteiger partial charge in [-0.1, -0.05) is 42.0 Å². The van der Waals surface area contributed by atoms with Gasteiger partial charge in [0.2, 0.25) is 0 Å². The molecule has 3 nitrogen and oxygen atoms in total. The summed E-state index contributed by atoms with van der Waals surface area (Å²) in [5.41, 5.74) is 6.13. The average Bonchev–Trinajstić information content (AvgIpc) is 3.17. The van der Waals surface area contributed by atoms with Crippen LogP contribution in [-0.4, -0.2) is 19.8 Å². The summed E-state index contributed by atoms with van der Waals surface area (Å²) in [6.45, 7) is 3.60. The summed E-state index contributed by atoms with van der Waals surface area (Å²) in [6, 6.07) is 19.4. The van der Waals surface area contributed by atoms with E-state index in [1.807, 2.05) is 0 Å². The molecule has 2 aromatic carbocycles. The fourth-order valence-corrected chi connectivity index (χ4v) is 3.60. The second kappa shape index (κ2) is 9.41. The van der Waals surface area contributed by atoms with Gasteiger partial charge < -0.3 is 15.4 Å². The van der Waals surface area contributed by atoms with E-state index in [4.69, 9.17) is 4.74 Å². The highest BCUT2D eigenvalue weighted by Gasteiger charge is 2.12. The quantitative estimate of drug-likeness (QED) is 0.536. The van der Waals surface area contributed by atoms with Crippen LogP contribution in [0.5, 0.6) is 0 Å². The lowest BCUT2D eigenvalue weighted by atomic mass is 10.0. The molecule has 4 heteroatoms. The Labute approximate surface area is 160 Å². The molecule has 3 aromatic rings. The lowest BCUT2D eigenvalue weighted by Gasteiger charge is -2.22. The van der Waals surface area contributed by atoms with Gasteiger partial charge in [0.05, 0.1) is 24.0 Å². The van der Waals surface area contributed by atoms with E-state index in [-0.39, 0.29) is 6.04 Å². The van der Waals surface area contributed by atoms with E-state index >= 15 is 0 Å². The van der Waals surface area contributed by atoms with Crippen LogP contribution in [0.2, 0.25) is 0 Å². The topological polar surface area (TPSA) is 33.3 Å². The number of thiophene rings is 1. The molecule has 0 aliphatic heterocycles. The maximum Gasteiger partial charge on any atom is 0.0667 e. The first-order valence-electron chi connectivity index (χ1n) is 8.89. The fraction of sp³-hybridized carbons (Fsp3) is 0.273. The van der Waals surface area contributed by atoms with Crippen molar-refractivity contribution in [3.05, 3.63) is 82.0 Å². The Morgan fingerprint density at radius 3 is 2.42 bits per heavy atom. The third kappa shape index (κ3) is 5.35. The predicted molar refractivity (Wildman–Crippen MR) is 112 cm³/mol. The number of ether oxygens (including phenoxy) is 1. The van der Waals surface area contributed by atoms with Crippen LogP contribution in [0.15, 0.2) is 65.4 Å². The first-order chi connectivity index (χ1) is 12.7. The Bertz CT molecular complexity index is 784. The maximum absolute atomic E-state index is 5.45. The molecule has 0 radical (unpaired) electrons. The molecular formula is C22H26N2OS. The molecule has 0 aliphatic carbocycles. The first kappa shape index (κ1) is 18.5. The highest BCUT2D eigenvalue weighted by atomic mass is 32.1. The summed E-state index contributed by atoms with van der Waals surface area (Å²) < 4.78 is 5.45. The Hall–Kier alpha value is -2.30. The molecule has 0 amide bonds. The highest BCUT2D eigenvalue weighted by molar-refractivity contribution is 7.07. The summed E-state index contributed by atoms with van der Waals surface area (Å²) in [5, 5.41) is 11.5. The minimum atomic E-state index is 0.215. The van der Waals surface area contributed by atoms with Crippen LogP contribution < -0.4 is 10.6 Å². The van der Waals surface area contributed by atoms with Crippen LogP contribution in [0.4, 0.5) is 11.4 Å². The standard InChI is InChI=1S/C22H26N2OS/c1-17-7-9-18(10-8-17)13-20(15-25-2)24-22-6-4-3-5-21(22)23-14-19-11-12-26-16-19/h3-12,16,20,23-24H,13-15H2,1-2H3/t20-/m0/s1. The Kier molecular flexibility index (Phi) is 6.69. The van der Waals surface area contributed by atoms with Crippen molar-refractivity contribution in [2.24, 2.45) is 0 Å². The van der Waals surface area contributed by atoms with Crippen LogP contribution in [0.25, 0.3) is 0 Å². The van der Waals surface area contributed by atoms with Crippen LogP contribution in [0.1, 0.15) is 16.7 Å². The van der Waals surface area contributed by atoms with E-state index < -0.39 is 0 Å². The maximum atomic E-state index is 5.45. The van der Waals surface area contributed by atoms with Gasteiger partial charge >= 0.3 is 0 Å². The van der Waals surface area contributed by atoms with E-state index in [1.54, 1.807) is 18.4 Å². The molecule has 136 valence electrons. The van der Waals surface area contributed by atoms with Crippen molar-refractivity contribution < 1.29 is 4.74 Å². The highest BCUT2D eigenvalue weighted by Crippen LogP contribution is 2.24. The molecule has 0 spiro atoms. The molecule has 26 heavy (non-hydrogen) atoms. The van der Waals surface area contributed by atoms with Crippen molar-refractivity contribution in [3.63, 3.8) is 0 Å². The molecule has 3 rings (SSSR count). The van der Waals surface area contributed by atoms with Gasteiger partial charge in [0.25, 0.3) is 0 Å². The molecule has 1 heterocycles. The van der Waals surface area contributed by atoms with Gasteiger partial charge in [-0.05, 0) is 53.4 Å². The zero-order valence-electron chi connectivity index (χ0n) is 15.4. The molecule has 1 atom stereocenters. The number of nitrogens with one attached hydrogen (secondary N) is 2. The van der Waals surface area contributed by atoms with Gasteiger partial charge in [-0.15, -0.1) is 0 Å². The molecule has 2 N–H and O–H groups in total. The summed E-state index contributed by atoms with van der Waals surface area (Å²) >= 11 is 1.73. The smallest absolute Gasteiger partial charge is 0.0667 e.